The van der Waals surface area contributed by atoms with E-state index in [1.165, 1.54) is 17.0 Å². The maximum atomic E-state index is 12.4. The zero-order chi connectivity index (χ0) is 14.4. The van der Waals surface area contributed by atoms with Crippen LogP contribution in [-0.2, 0) is 9.59 Å². The molecule has 20 heavy (non-hydrogen) atoms. The van der Waals surface area contributed by atoms with Crippen molar-refractivity contribution >= 4 is 46.4 Å². The van der Waals surface area contributed by atoms with Gasteiger partial charge in [-0.15, -0.1) is 0 Å². The number of benzene rings is 1. The first-order valence-corrected chi connectivity index (χ1v) is 7.38. The van der Waals surface area contributed by atoms with Crippen LogP contribution in [0.15, 0.2) is 12.1 Å². The van der Waals surface area contributed by atoms with Crippen molar-refractivity contribution in [2.24, 2.45) is 11.8 Å². The lowest BCUT2D eigenvalue weighted by Gasteiger charge is -2.19. The number of fused-ring (bicyclic) bond motifs is 1. The highest BCUT2D eigenvalue weighted by Crippen LogP contribution is 2.42. The van der Waals surface area contributed by atoms with Crippen LogP contribution in [0, 0.1) is 11.8 Å². The summed E-state index contributed by atoms with van der Waals surface area (Å²) < 4.78 is 0. The smallest absolute Gasteiger partial charge is 0.237 e. The molecule has 1 aliphatic heterocycles. The first kappa shape index (κ1) is 13.7. The van der Waals surface area contributed by atoms with Crippen molar-refractivity contribution in [2.75, 3.05) is 10.6 Å². The summed E-state index contributed by atoms with van der Waals surface area (Å²) in [7, 11) is 0. The Hall–Kier alpha value is -1.26. The van der Waals surface area contributed by atoms with E-state index in [0.29, 0.717) is 5.69 Å². The van der Waals surface area contributed by atoms with Crippen LogP contribution in [0.5, 0.6) is 0 Å². The normalized spacial score (nSPS) is 26.0. The van der Waals surface area contributed by atoms with Gasteiger partial charge in [-0.2, -0.15) is 0 Å². The molecule has 1 aromatic carbocycles. The molecule has 2 amide bonds. The van der Waals surface area contributed by atoms with Crippen molar-refractivity contribution in [1.82, 2.24) is 0 Å². The molecule has 0 bridgehead atoms. The van der Waals surface area contributed by atoms with E-state index in [9.17, 15) is 9.59 Å². The van der Waals surface area contributed by atoms with Gasteiger partial charge in [-0.25, -0.2) is 4.90 Å². The lowest BCUT2D eigenvalue weighted by atomic mass is 9.81. The van der Waals surface area contributed by atoms with Gasteiger partial charge in [-0.05, 0) is 25.0 Å². The van der Waals surface area contributed by atoms with Gasteiger partial charge in [-0.1, -0.05) is 36.0 Å². The van der Waals surface area contributed by atoms with E-state index < -0.39 is 0 Å². The van der Waals surface area contributed by atoms with Gasteiger partial charge in [-0.3, -0.25) is 9.59 Å². The molecule has 2 aliphatic rings. The van der Waals surface area contributed by atoms with Gasteiger partial charge in [0.1, 0.15) is 0 Å². The zero-order valence-electron chi connectivity index (χ0n) is 10.7. The molecule has 3 rings (SSSR count). The number of amides is 2. The molecule has 4 nitrogen and oxygen atoms in total. The molecule has 0 aromatic heterocycles. The minimum absolute atomic E-state index is 0.142. The van der Waals surface area contributed by atoms with Crippen LogP contribution in [-0.4, -0.2) is 11.8 Å². The summed E-state index contributed by atoms with van der Waals surface area (Å²) in [5, 5.41) is 0.506. The highest BCUT2D eigenvalue weighted by molar-refractivity contribution is 6.39. The average Bonchev–Trinajstić information content (AvgIpc) is 2.68. The van der Waals surface area contributed by atoms with E-state index in [1.54, 1.807) is 0 Å². The Kier molecular flexibility index (Phi) is 3.38. The Morgan fingerprint density at radius 3 is 1.90 bits per heavy atom. The second-order valence-corrected chi connectivity index (χ2v) is 6.15. The fraction of sp³-hybridized carbons (Fsp3) is 0.429. The molecule has 1 aliphatic carbocycles. The average molecular weight is 313 g/mol. The lowest BCUT2D eigenvalue weighted by Crippen LogP contribution is -2.30. The number of nitrogen functional groups attached to an aromatic ring is 1. The molecule has 106 valence electrons. The number of nitrogens with two attached hydrogens (primary N) is 1. The summed E-state index contributed by atoms with van der Waals surface area (Å²) in [5.74, 6) is -0.661. The van der Waals surface area contributed by atoms with Crippen LogP contribution in [0.3, 0.4) is 0 Å². The number of nitrogens with zero attached hydrogens (tertiary/aromatic N) is 1. The van der Waals surface area contributed by atoms with Gasteiger partial charge in [0, 0.05) is 0 Å². The predicted octanol–water partition coefficient (Wildman–Crippen LogP) is 3.26. The highest BCUT2D eigenvalue weighted by atomic mass is 35.5. The Labute approximate surface area is 126 Å². The molecule has 2 fully saturated rings. The van der Waals surface area contributed by atoms with Gasteiger partial charge in [0.05, 0.1) is 33.3 Å². The van der Waals surface area contributed by atoms with E-state index in [2.05, 4.69) is 0 Å². The number of rotatable bonds is 1. The fourth-order valence-corrected chi connectivity index (χ4v) is 3.59. The van der Waals surface area contributed by atoms with Crippen molar-refractivity contribution in [3.63, 3.8) is 0 Å². The standard InChI is InChI=1S/C14H14Cl2N2O2/c15-10-5-7(6-11(16)12(10)17)18-13(19)8-3-1-2-4-9(8)14(18)20/h5-6,8-9H,1-4,17H2. The van der Waals surface area contributed by atoms with E-state index in [4.69, 9.17) is 28.9 Å². The molecule has 2 atom stereocenters. The minimum Gasteiger partial charge on any atom is -0.396 e. The molecular formula is C14H14Cl2N2O2. The predicted molar refractivity (Wildman–Crippen MR) is 78.8 cm³/mol. The van der Waals surface area contributed by atoms with E-state index in [-0.39, 0.29) is 39.4 Å². The largest absolute Gasteiger partial charge is 0.396 e. The molecule has 1 heterocycles. The molecule has 2 N–H and O–H groups in total. The van der Waals surface area contributed by atoms with Crippen molar-refractivity contribution in [3.05, 3.63) is 22.2 Å². The lowest BCUT2D eigenvalue weighted by molar-refractivity contribution is -0.122. The molecule has 1 saturated heterocycles. The highest BCUT2D eigenvalue weighted by Gasteiger charge is 2.48. The summed E-state index contributed by atoms with van der Waals surface area (Å²) in [4.78, 5) is 26.1. The van der Waals surface area contributed by atoms with Crippen LogP contribution >= 0.6 is 23.2 Å². The number of carbonyl (C=O) groups excluding carboxylic acids is 2. The van der Waals surface area contributed by atoms with Gasteiger partial charge < -0.3 is 5.73 Å². The summed E-state index contributed by atoms with van der Waals surface area (Å²) in [6.07, 6.45) is 3.55. The third-order valence-corrected chi connectivity index (χ3v) is 4.79. The molecule has 0 radical (unpaired) electrons. The van der Waals surface area contributed by atoms with Crippen LogP contribution in [0.2, 0.25) is 10.0 Å². The van der Waals surface area contributed by atoms with Crippen LogP contribution in [0.1, 0.15) is 25.7 Å². The van der Waals surface area contributed by atoms with Gasteiger partial charge in [0.15, 0.2) is 0 Å². The number of anilines is 2. The topological polar surface area (TPSA) is 63.4 Å². The third-order valence-electron chi connectivity index (χ3n) is 4.16. The summed E-state index contributed by atoms with van der Waals surface area (Å²) >= 11 is 12.0. The molecule has 0 spiro atoms. The summed E-state index contributed by atoms with van der Waals surface area (Å²) in [5.41, 5.74) is 6.36. The Morgan fingerprint density at radius 2 is 1.45 bits per heavy atom. The Morgan fingerprint density at radius 1 is 1.00 bits per heavy atom. The molecular weight excluding hydrogens is 299 g/mol. The second kappa shape index (κ2) is 4.93. The molecule has 6 heteroatoms. The number of imide groups is 1. The molecule has 1 saturated carbocycles. The third kappa shape index (κ3) is 1.98. The Balaban J connectivity index is 2.02. The summed E-state index contributed by atoms with van der Waals surface area (Å²) in [6.45, 7) is 0. The maximum Gasteiger partial charge on any atom is 0.237 e. The SMILES string of the molecule is Nc1c(Cl)cc(N2C(=O)C3CCCCC3C2=O)cc1Cl. The monoisotopic (exact) mass is 312 g/mol. The number of halogens is 2. The van der Waals surface area contributed by atoms with Crippen molar-refractivity contribution in [2.45, 2.75) is 25.7 Å². The van der Waals surface area contributed by atoms with Crippen molar-refractivity contribution in [1.29, 1.82) is 0 Å². The quantitative estimate of drug-likeness (QED) is 0.639. The first-order valence-electron chi connectivity index (χ1n) is 6.63. The fourth-order valence-electron chi connectivity index (χ4n) is 3.12. The molecule has 2 unspecified atom stereocenters. The van der Waals surface area contributed by atoms with Crippen LogP contribution in [0.4, 0.5) is 11.4 Å². The van der Waals surface area contributed by atoms with E-state index >= 15 is 0 Å². The van der Waals surface area contributed by atoms with Crippen LogP contribution < -0.4 is 10.6 Å². The van der Waals surface area contributed by atoms with E-state index in [0.717, 1.165) is 25.7 Å². The van der Waals surface area contributed by atoms with Crippen molar-refractivity contribution < 1.29 is 9.59 Å². The molecule has 1 aromatic rings. The van der Waals surface area contributed by atoms with E-state index in [1.807, 2.05) is 0 Å². The minimum atomic E-state index is -0.189. The van der Waals surface area contributed by atoms with Crippen LogP contribution in [0.25, 0.3) is 0 Å². The van der Waals surface area contributed by atoms with Gasteiger partial charge in [0.2, 0.25) is 11.8 Å². The maximum absolute atomic E-state index is 12.4. The second-order valence-electron chi connectivity index (χ2n) is 5.33. The number of hydrogen-bond donors (Lipinski definition) is 1. The first-order chi connectivity index (χ1) is 9.50. The number of carbonyl (C=O) groups is 2. The van der Waals surface area contributed by atoms with Crippen molar-refractivity contribution in [3.8, 4) is 0 Å². The zero-order valence-corrected chi connectivity index (χ0v) is 12.2. The Bertz CT molecular complexity index is 556. The number of hydrogen-bond acceptors (Lipinski definition) is 3. The van der Waals surface area contributed by atoms with Gasteiger partial charge >= 0.3 is 0 Å². The summed E-state index contributed by atoms with van der Waals surface area (Å²) in [6, 6.07) is 3.05. The van der Waals surface area contributed by atoms with Gasteiger partial charge in [0.25, 0.3) is 0 Å².